The van der Waals surface area contributed by atoms with Crippen molar-refractivity contribution in [2.24, 2.45) is 5.92 Å². The van der Waals surface area contributed by atoms with E-state index in [1.807, 2.05) is 60.7 Å². The van der Waals surface area contributed by atoms with Crippen LogP contribution in [0.1, 0.15) is 37.3 Å². The van der Waals surface area contributed by atoms with Gasteiger partial charge in [0.05, 0.1) is 25.2 Å². The van der Waals surface area contributed by atoms with Crippen LogP contribution < -0.4 is 0 Å². The predicted octanol–water partition coefficient (Wildman–Crippen LogP) is 4.60. The Kier molecular flexibility index (Phi) is 7.82. The van der Waals surface area contributed by atoms with Crippen molar-refractivity contribution >= 4 is 12.0 Å². The Morgan fingerprint density at radius 3 is 2.41 bits per heavy atom. The number of rotatable bonds is 10. The third-order valence-corrected chi connectivity index (χ3v) is 5.20. The van der Waals surface area contributed by atoms with Crippen molar-refractivity contribution in [3.05, 3.63) is 71.8 Å². The van der Waals surface area contributed by atoms with Gasteiger partial charge in [0.2, 0.25) is 5.91 Å². The van der Waals surface area contributed by atoms with Gasteiger partial charge < -0.3 is 9.47 Å². The molecule has 5 nitrogen and oxygen atoms in total. The molecule has 2 atom stereocenters. The molecule has 0 spiro atoms. The molecule has 3 rings (SSSR count). The smallest absolute Gasteiger partial charge is 0.416 e. The maximum Gasteiger partial charge on any atom is 0.416 e. The standard InChI is InChI=1S/C24H29NO4/c1-2-3-14-21(17-28-16-20-12-8-5-9-13-20)23(26)25-22(18-29-24(25)27)15-19-10-6-4-7-11-19/h4-13,21-22H,2-3,14-18H2,1H3. The van der Waals surface area contributed by atoms with Crippen molar-refractivity contribution in [3.63, 3.8) is 0 Å². The first-order valence-corrected chi connectivity index (χ1v) is 10.3. The van der Waals surface area contributed by atoms with Gasteiger partial charge in [-0.05, 0) is 24.0 Å². The molecule has 2 unspecified atom stereocenters. The molecule has 2 aromatic carbocycles. The maximum atomic E-state index is 13.2. The van der Waals surface area contributed by atoms with Crippen LogP contribution in [0.5, 0.6) is 0 Å². The van der Waals surface area contributed by atoms with E-state index in [-0.39, 0.29) is 24.5 Å². The molecule has 0 bridgehead atoms. The van der Waals surface area contributed by atoms with E-state index in [2.05, 4.69) is 6.92 Å². The lowest BCUT2D eigenvalue weighted by Gasteiger charge is -2.25. The van der Waals surface area contributed by atoms with Crippen LogP contribution in [-0.4, -0.2) is 36.2 Å². The van der Waals surface area contributed by atoms with Crippen LogP contribution >= 0.6 is 0 Å². The summed E-state index contributed by atoms with van der Waals surface area (Å²) in [5, 5.41) is 0. The monoisotopic (exact) mass is 395 g/mol. The van der Waals surface area contributed by atoms with E-state index < -0.39 is 6.09 Å². The average molecular weight is 395 g/mol. The number of hydrogen-bond acceptors (Lipinski definition) is 4. The lowest BCUT2D eigenvalue weighted by Crippen LogP contribution is -2.44. The van der Waals surface area contributed by atoms with Crippen LogP contribution in [0.2, 0.25) is 0 Å². The average Bonchev–Trinajstić information content (AvgIpc) is 3.11. The molecule has 1 saturated heterocycles. The Hall–Kier alpha value is -2.66. The van der Waals surface area contributed by atoms with E-state index >= 15 is 0 Å². The molecule has 0 aromatic heterocycles. The van der Waals surface area contributed by atoms with E-state index in [1.54, 1.807) is 0 Å². The molecule has 2 amide bonds. The first kappa shape index (κ1) is 21.1. The third kappa shape index (κ3) is 5.91. The predicted molar refractivity (Wildman–Crippen MR) is 111 cm³/mol. The number of amides is 2. The van der Waals surface area contributed by atoms with Crippen LogP contribution in [0.3, 0.4) is 0 Å². The Bertz CT molecular complexity index is 778. The molecule has 1 aliphatic heterocycles. The zero-order valence-electron chi connectivity index (χ0n) is 17.0. The number of carbonyl (C=O) groups is 2. The summed E-state index contributed by atoms with van der Waals surface area (Å²) in [6.07, 6.45) is 2.66. The highest BCUT2D eigenvalue weighted by Gasteiger charge is 2.40. The fourth-order valence-corrected chi connectivity index (χ4v) is 3.59. The molecule has 0 N–H and O–H groups in total. The van der Waals surface area contributed by atoms with Gasteiger partial charge in [0.25, 0.3) is 0 Å². The summed E-state index contributed by atoms with van der Waals surface area (Å²) >= 11 is 0. The molecule has 5 heteroatoms. The Labute approximate surface area is 172 Å². The van der Waals surface area contributed by atoms with Gasteiger partial charge in [0.1, 0.15) is 6.61 Å². The molecule has 29 heavy (non-hydrogen) atoms. The second-order valence-electron chi connectivity index (χ2n) is 7.47. The normalized spacial score (nSPS) is 17.2. The molecule has 154 valence electrons. The maximum absolute atomic E-state index is 13.2. The Balaban J connectivity index is 1.64. The lowest BCUT2D eigenvalue weighted by atomic mass is 9.99. The largest absolute Gasteiger partial charge is 0.447 e. The summed E-state index contributed by atoms with van der Waals surface area (Å²) in [4.78, 5) is 26.9. The molecule has 1 fully saturated rings. The van der Waals surface area contributed by atoms with Crippen molar-refractivity contribution in [2.45, 2.75) is 45.3 Å². The molecule has 0 radical (unpaired) electrons. The van der Waals surface area contributed by atoms with Crippen LogP contribution in [0, 0.1) is 5.92 Å². The number of imide groups is 1. The van der Waals surface area contributed by atoms with Crippen molar-refractivity contribution < 1.29 is 19.1 Å². The number of nitrogens with zero attached hydrogens (tertiary/aromatic N) is 1. The minimum Gasteiger partial charge on any atom is -0.447 e. The Morgan fingerprint density at radius 1 is 1.10 bits per heavy atom. The van der Waals surface area contributed by atoms with Gasteiger partial charge in [-0.2, -0.15) is 0 Å². The number of cyclic esters (lactones) is 1. The number of carbonyl (C=O) groups excluding carboxylic acids is 2. The summed E-state index contributed by atoms with van der Waals surface area (Å²) in [6, 6.07) is 19.5. The Morgan fingerprint density at radius 2 is 1.76 bits per heavy atom. The van der Waals surface area contributed by atoms with Crippen molar-refractivity contribution in [3.8, 4) is 0 Å². The zero-order chi connectivity index (χ0) is 20.5. The fourth-order valence-electron chi connectivity index (χ4n) is 3.59. The first-order chi connectivity index (χ1) is 14.2. The van der Waals surface area contributed by atoms with E-state index in [4.69, 9.17) is 9.47 Å². The van der Waals surface area contributed by atoms with E-state index in [0.717, 1.165) is 24.0 Å². The molecule has 1 aliphatic rings. The molecule has 1 heterocycles. The second kappa shape index (κ2) is 10.8. The summed E-state index contributed by atoms with van der Waals surface area (Å²) in [7, 11) is 0. The van der Waals surface area contributed by atoms with Crippen LogP contribution in [-0.2, 0) is 27.3 Å². The van der Waals surface area contributed by atoms with E-state index in [9.17, 15) is 9.59 Å². The number of unbranched alkanes of at least 4 members (excludes halogenated alkanes) is 1. The highest BCUT2D eigenvalue weighted by molar-refractivity contribution is 5.94. The third-order valence-electron chi connectivity index (χ3n) is 5.20. The molecule has 2 aromatic rings. The minimum atomic E-state index is -0.541. The number of ether oxygens (including phenoxy) is 2. The zero-order valence-corrected chi connectivity index (χ0v) is 17.0. The second-order valence-corrected chi connectivity index (χ2v) is 7.47. The van der Waals surface area contributed by atoms with Gasteiger partial charge in [-0.1, -0.05) is 80.4 Å². The van der Waals surface area contributed by atoms with Gasteiger partial charge in [0.15, 0.2) is 0 Å². The minimum absolute atomic E-state index is 0.185. The molecular weight excluding hydrogens is 366 g/mol. The van der Waals surface area contributed by atoms with E-state index in [0.29, 0.717) is 26.1 Å². The summed E-state index contributed by atoms with van der Waals surface area (Å²) in [5.74, 6) is -0.530. The topological polar surface area (TPSA) is 55.8 Å². The van der Waals surface area contributed by atoms with Crippen molar-refractivity contribution in [1.29, 1.82) is 0 Å². The SMILES string of the molecule is CCCCC(COCc1ccccc1)C(=O)N1C(=O)OCC1Cc1ccccc1. The lowest BCUT2D eigenvalue weighted by molar-refractivity contribution is -0.136. The number of benzene rings is 2. The molecule has 0 aliphatic carbocycles. The molecule has 0 saturated carbocycles. The van der Waals surface area contributed by atoms with Crippen LogP contribution in [0.25, 0.3) is 0 Å². The van der Waals surface area contributed by atoms with Crippen LogP contribution in [0.15, 0.2) is 60.7 Å². The van der Waals surface area contributed by atoms with Gasteiger partial charge >= 0.3 is 6.09 Å². The van der Waals surface area contributed by atoms with Gasteiger partial charge in [-0.3, -0.25) is 4.79 Å². The highest BCUT2D eigenvalue weighted by Crippen LogP contribution is 2.23. The summed E-state index contributed by atoms with van der Waals surface area (Å²) in [5.41, 5.74) is 2.15. The van der Waals surface area contributed by atoms with Crippen LogP contribution in [0.4, 0.5) is 4.79 Å². The van der Waals surface area contributed by atoms with Crippen molar-refractivity contribution in [2.75, 3.05) is 13.2 Å². The van der Waals surface area contributed by atoms with Crippen molar-refractivity contribution in [1.82, 2.24) is 4.90 Å². The van der Waals surface area contributed by atoms with Gasteiger partial charge in [0, 0.05) is 0 Å². The highest BCUT2D eigenvalue weighted by atomic mass is 16.6. The summed E-state index contributed by atoms with van der Waals surface area (Å²) in [6.45, 7) is 3.09. The first-order valence-electron chi connectivity index (χ1n) is 10.3. The number of hydrogen-bond donors (Lipinski definition) is 0. The quantitative estimate of drug-likeness (QED) is 0.590. The van der Waals surface area contributed by atoms with Gasteiger partial charge in [-0.15, -0.1) is 0 Å². The van der Waals surface area contributed by atoms with E-state index in [1.165, 1.54) is 4.90 Å². The van der Waals surface area contributed by atoms with Gasteiger partial charge in [-0.25, -0.2) is 9.69 Å². The fraction of sp³-hybridized carbons (Fsp3) is 0.417. The summed E-state index contributed by atoms with van der Waals surface area (Å²) < 4.78 is 11.1. The molecular formula is C24H29NO4.